The first-order chi connectivity index (χ1) is 58.2. The SMILES string of the molecule is Cc1[nH]nc2cccc(-c3ccc(NC(=O)Nc4cccc(C(F)(F)F)c4)c(F)c3)c12.Cc1ccc(F)c(NC(=O)Nc2ccc(-c3cncc4c3c(C)nn4C)cc2)c1.Cc1ccc(F)c(NC(=O)Nc2ccc(-c3cncc4n[nH]c(C)c34)cc2)c1.Cc1cccc(NC(=O)Nc2ccc(-c3cncc4n[nH]c(C)c34)cc2)c1.O=C(O)C(F)(F)F. The van der Waals surface area contributed by atoms with Crippen LogP contribution in [0.3, 0.4) is 0 Å². The van der Waals surface area contributed by atoms with E-state index in [0.717, 1.165) is 140 Å². The summed E-state index contributed by atoms with van der Waals surface area (Å²) in [6.45, 7) is 13.4. The normalized spacial score (nSPS) is 11.0. The van der Waals surface area contributed by atoms with E-state index in [9.17, 15) is 58.7 Å². The zero-order chi connectivity index (χ0) is 87.3. The van der Waals surface area contributed by atoms with Crippen LogP contribution in [0.25, 0.3) is 88.1 Å². The fourth-order valence-corrected chi connectivity index (χ4v) is 12.9. The number of nitrogens with zero attached hydrogens (tertiary/aromatic N) is 8. The molecule has 620 valence electrons. The summed E-state index contributed by atoms with van der Waals surface area (Å²) in [5.41, 5.74) is 19.1. The number of nitrogens with one attached hydrogen (secondary N) is 11. The number of aryl methyl sites for hydroxylation is 8. The molecule has 0 atom stereocenters. The van der Waals surface area contributed by atoms with Gasteiger partial charge in [-0.15, -0.1) is 0 Å². The maximum atomic E-state index is 14.7. The second-order valence-corrected chi connectivity index (χ2v) is 27.7. The minimum Gasteiger partial charge on any atom is -0.475 e. The molecule has 9 aromatic carbocycles. The summed E-state index contributed by atoms with van der Waals surface area (Å²) < 4.78 is 114. The van der Waals surface area contributed by atoms with Crippen LogP contribution in [0.4, 0.5) is 104 Å². The van der Waals surface area contributed by atoms with Gasteiger partial charge in [0.15, 0.2) is 0 Å². The number of amides is 8. The van der Waals surface area contributed by atoms with Gasteiger partial charge in [0, 0.05) is 109 Å². The third kappa shape index (κ3) is 21.3. The zero-order valence-corrected chi connectivity index (χ0v) is 65.9. The molecule has 7 aromatic heterocycles. The van der Waals surface area contributed by atoms with E-state index in [1.54, 1.807) is 79.4 Å². The quantitative estimate of drug-likeness (QED) is 0.0507. The Kier molecular flexibility index (Phi) is 26.1. The Morgan fingerprint density at radius 2 is 0.746 bits per heavy atom. The van der Waals surface area contributed by atoms with Gasteiger partial charge in [-0.25, -0.2) is 37.1 Å². The number of rotatable bonds is 12. The van der Waals surface area contributed by atoms with Crippen molar-refractivity contribution in [1.82, 2.24) is 55.3 Å². The Labute approximate surface area is 688 Å². The van der Waals surface area contributed by atoms with Crippen molar-refractivity contribution in [2.75, 3.05) is 42.5 Å². The van der Waals surface area contributed by atoms with Gasteiger partial charge < -0.3 is 47.6 Å². The Balaban J connectivity index is 0.000000145. The smallest absolute Gasteiger partial charge is 0.475 e. The number of anilines is 8. The lowest BCUT2D eigenvalue weighted by atomic mass is 10.00. The number of hydrogen-bond donors (Lipinski definition) is 12. The lowest BCUT2D eigenvalue weighted by Crippen LogP contribution is -2.21. The Morgan fingerprint density at radius 3 is 1.20 bits per heavy atom. The van der Waals surface area contributed by atoms with Gasteiger partial charge in [0.2, 0.25) is 0 Å². The molecule has 0 aliphatic carbocycles. The second-order valence-electron chi connectivity index (χ2n) is 27.7. The summed E-state index contributed by atoms with van der Waals surface area (Å²) in [7, 11) is 1.89. The Bertz CT molecular complexity index is 6550. The number of benzene rings is 9. The predicted octanol–water partition coefficient (Wildman–Crippen LogP) is 21.9. The van der Waals surface area contributed by atoms with Crippen molar-refractivity contribution in [3.63, 3.8) is 0 Å². The van der Waals surface area contributed by atoms with Crippen LogP contribution in [0, 0.1) is 65.9 Å². The lowest BCUT2D eigenvalue weighted by molar-refractivity contribution is -0.192. The van der Waals surface area contributed by atoms with Crippen LogP contribution in [-0.4, -0.2) is 96.7 Å². The number of H-pyrrole nitrogens is 3. The van der Waals surface area contributed by atoms with Crippen LogP contribution >= 0.6 is 0 Å². The Morgan fingerprint density at radius 1 is 0.361 bits per heavy atom. The molecule has 16 rings (SSSR count). The van der Waals surface area contributed by atoms with Gasteiger partial charge >= 0.3 is 42.4 Å². The molecule has 8 amide bonds. The van der Waals surface area contributed by atoms with Gasteiger partial charge in [0.25, 0.3) is 0 Å². The fourth-order valence-electron chi connectivity index (χ4n) is 12.9. The number of carboxylic acids is 1. The molecule has 0 saturated carbocycles. The van der Waals surface area contributed by atoms with Gasteiger partial charge in [0.1, 0.15) is 28.5 Å². The number of carboxylic acid groups (broad SMARTS) is 1. The summed E-state index contributed by atoms with van der Waals surface area (Å²) in [6.07, 6.45) is 1.07. The molecular formula is C88H74F9N19O6. The van der Waals surface area contributed by atoms with Crippen molar-refractivity contribution in [3.8, 4) is 44.5 Å². The van der Waals surface area contributed by atoms with Crippen LogP contribution in [0.15, 0.2) is 231 Å². The summed E-state index contributed by atoms with van der Waals surface area (Å²) in [6, 6.07) is 51.1. The average molecular weight is 1660 g/mol. The van der Waals surface area contributed by atoms with Crippen molar-refractivity contribution in [3.05, 3.63) is 294 Å². The number of aliphatic carboxylic acids is 1. The lowest BCUT2D eigenvalue weighted by Gasteiger charge is -2.12. The molecule has 7 heterocycles. The molecule has 25 nitrogen and oxygen atoms in total. The fraction of sp³-hybridized carbons (Fsp3) is 0.114. The van der Waals surface area contributed by atoms with E-state index in [0.29, 0.717) is 22.6 Å². The minimum absolute atomic E-state index is 0.0635. The van der Waals surface area contributed by atoms with E-state index in [-0.39, 0.29) is 28.8 Å². The van der Waals surface area contributed by atoms with Crippen LogP contribution in [0.2, 0.25) is 0 Å². The average Bonchev–Trinajstić information content (AvgIpc) is 1.60. The first kappa shape index (κ1) is 85.6. The number of carbonyl (C=O) groups excluding carboxylic acids is 4. The number of carbonyl (C=O) groups is 5. The van der Waals surface area contributed by atoms with Crippen molar-refractivity contribution in [1.29, 1.82) is 0 Å². The van der Waals surface area contributed by atoms with Crippen LogP contribution in [-0.2, 0) is 18.0 Å². The van der Waals surface area contributed by atoms with Gasteiger partial charge in [-0.05, 0) is 202 Å². The number of pyridine rings is 3. The number of urea groups is 4. The highest BCUT2D eigenvalue weighted by Gasteiger charge is 2.38. The predicted molar refractivity (Wildman–Crippen MR) is 452 cm³/mol. The molecule has 16 aromatic rings. The summed E-state index contributed by atoms with van der Waals surface area (Å²) in [4.78, 5) is 70.4. The molecule has 122 heavy (non-hydrogen) atoms. The van der Waals surface area contributed by atoms with Crippen LogP contribution < -0.4 is 42.5 Å². The van der Waals surface area contributed by atoms with Gasteiger partial charge in [-0.3, -0.25) is 34.9 Å². The summed E-state index contributed by atoms with van der Waals surface area (Å²) in [5.74, 6) is -4.40. The highest BCUT2D eigenvalue weighted by molar-refractivity contribution is 6.05. The van der Waals surface area contributed by atoms with Gasteiger partial charge in [-0.1, -0.05) is 84.9 Å². The first-order valence-electron chi connectivity index (χ1n) is 37.0. The van der Waals surface area contributed by atoms with Gasteiger partial charge in [-0.2, -0.15) is 46.7 Å². The molecule has 0 radical (unpaired) electrons. The van der Waals surface area contributed by atoms with E-state index in [4.69, 9.17) is 9.90 Å². The molecule has 0 aliphatic heterocycles. The van der Waals surface area contributed by atoms with E-state index in [1.165, 1.54) is 36.4 Å². The Hall–Kier alpha value is -15.8. The number of alkyl halides is 6. The van der Waals surface area contributed by atoms with Gasteiger partial charge in [0.05, 0.1) is 57.9 Å². The van der Waals surface area contributed by atoms with E-state index in [1.807, 2.05) is 164 Å². The number of aromatic amines is 3. The van der Waals surface area contributed by atoms with Crippen LogP contribution in [0.5, 0.6) is 0 Å². The topological polar surface area (TPSA) is 344 Å². The standard InChI is InChI=1S/C22H16F4N4O.C22H20FN5O.C21H18FN5O.C21H19N5O.C2HF3O2/c1-12-20-16(6-3-7-19(20)30-29-12)13-8-9-18(17(23)10-13)28-21(31)27-15-5-2-4-14(11-15)22(24,25)26;1-13-4-9-18(23)19(10-13)26-22(29)25-16-7-5-15(6-8-16)17-11-24-12-20-21(17)14(2)27-28(20)3;1-12-3-8-17(22)18(9-12)25-21(28)24-15-6-4-14(5-7-15)16-10-23-11-19-20(16)13(2)26-27-19;1-13-4-3-5-17(10-13)24-21(27)23-16-8-6-15(7-9-16)18-11-22-12-19-20(18)14(2)25-26-19;3-2(4,5)1(6)7/h2-11H,1H3,(H,29,30)(H2,27,28,31);4-12H,1-3H3,(H2,25,26,29);3-11H,1-2H3,(H,26,27)(H2,24,25,28);3-12H,1-2H3,(H,25,26)(H2,23,24,27);(H,6,7). The minimum atomic E-state index is -5.08. The highest BCUT2D eigenvalue weighted by Crippen LogP contribution is 2.37. The third-order valence-electron chi connectivity index (χ3n) is 18.6. The maximum absolute atomic E-state index is 14.7. The van der Waals surface area contributed by atoms with Crippen molar-refractivity contribution in [2.24, 2.45) is 7.05 Å². The van der Waals surface area contributed by atoms with Crippen molar-refractivity contribution < 1.29 is 68.6 Å². The molecule has 0 fully saturated rings. The molecule has 0 saturated heterocycles. The first-order valence-corrected chi connectivity index (χ1v) is 37.0. The second kappa shape index (κ2) is 37.2. The zero-order valence-electron chi connectivity index (χ0n) is 65.9. The van der Waals surface area contributed by atoms with Crippen molar-refractivity contribution >= 4 is 119 Å². The van der Waals surface area contributed by atoms with Crippen molar-refractivity contribution in [2.45, 2.75) is 60.8 Å². The molecule has 0 aliphatic rings. The van der Waals surface area contributed by atoms with E-state index < -0.39 is 59.4 Å². The summed E-state index contributed by atoms with van der Waals surface area (Å²) >= 11 is 0. The number of hydrogen-bond acceptors (Lipinski definition) is 12. The summed E-state index contributed by atoms with van der Waals surface area (Å²) in [5, 5.41) is 57.9. The molecular weight excluding hydrogens is 1590 g/mol. The van der Waals surface area contributed by atoms with E-state index >= 15 is 0 Å². The third-order valence-corrected chi connectivity index (χ3v) is 18.6. The number of halogens is 9. The molecule has 0 spiro atoms. The number of aromatic nitrogens is 11. The molecule has 0 unspecified atom stereocenters. The number of fused-ring (bicyclic) bond motifs is 4. The highest BCUT2D eigenvalue weighted by atomic mass is 19.4. The van der Waals surface area contributed by atoms with Crippen LogP contribution in [0.1, 0.15) is 45.0 Å². The van der Waals surface area contributed by atoms with E-state index in [2.05, 4.69) is 93.2 Å². The maximum Gasteiger partial charge on any atom is 0.490 e. The molecule has 34 heteroatoms. The monoisotopic (exact) mass is 1660 g/mol. The largest absolute Gasteiger partial charge is 0.490 e. The molecule has 0 bridgehead atoms. The molecule has 12 N–H and O–H groups in total.